The van der Waals surface area contributed by atoms with Crippen molar-refractivity contribution in [1.29, 1.82) is 0 Å². The van der Waals surface area contributed by atoms with Crippen molar-refractivity contribution in [2.24, 2.45) is 12.5 Å². The highest BCUT2D eigenvalue weighted by atomic mass is 16.5. The molecular formula is C23H26N4O3. The van der Waals surface area contributed by atoms with Crippen LogP contribution in [0.15, 0.2) is 47.1 Å². The van der Waals surface area contributed by atoms with Crippen molar-refractivity contribution in [3.8, 4) is 11.3 Å². The van der Waals surface area contributed by atoms with E-state index >= 15 is 0 Å². The van der Waals surface area contributed by atoms with Crippen LogP contribution in [0.2, 0.25) is 0 Å². The number of hydrogen-bond acceptors (Lipinski definition) is 5. The summed E-state index contributed by atoms with van der Waals surface area (Å²) in [6.07, 6.45) is 5.20. The Morgan fingerprint density at radius 3 is 2.80 bits per heavy atom. The molecule has 1 N–H and O–H groups in total. The first kappa shape index (κ1) is 19.1. The Hall–Kier alpha value is -2.93. The Balaban J connectivity index is 1.41. The van der Waals surface area contributed by atoms with Gasteiger partial charge in [-0.25, -0.2) is 0 Å². The minimum Gasteiger partial charge on any atom is -0.396 e. The highest BCUT2D eigenvalue weighted by Crippen LogP contribution is 2.51. The van der Waals surface area contributed by atoms with E-state index < -0.39 is 0 Å². The van der Waals surface area contributed by atoms with Gasteiger partial charge in [0.2, 0.25) is 0 Å². The smallest absolute Gasteiger partial charge is 0.276 e. The minimum atomic E-state index is -0.299. The van der Waals surface area contributed by atoms with Crippen LogP contribution >= 0.6 is 0 Å². The molecule has 3 aromatic rings. The number of carbonyl (C=O) groups is 1. The third kappa shape index (κ3) is 2.88. The van der Waals surface area contributed by atoms with Crippen LogP contribution in [0.3, 0.4) is 0 Å². The number of aliphatic hydroxyl groups excluding tert-OH is 1. The molecule has 30 heavy (non-hydrogen) atoms. The predicted molar refractivity (Wildman–Crippen MR) is 111 cm³/mol. The summed E-state index contributed by atoms with van der Waals surface area (Å²) in [5, 5.41) is 18.7. The number of carbonyl (C=O) groups excluding carboxylic acids is 1. The summed E-state index contributed by atoms with van der Waals surface area (Å²) >= 11 is 0. The van der Waals surface area contributed by atoms with Gasteiger partial charge in [-0.1, -0.05) is 35.5 Å². The number of aromatic nitrogens is 3. The molecule has 5 rings (SSSR count). The van der Waals surface area contributed by atoms with Crippen molar-refractivity contribution < 1.29 is 14.4 Å². The Kier molecular flexibility index (Phi) is 4.50. The highest BCUT2D eigenvalue weighted by molar-refractivity contribution is 5.94. The van der Waals surface area contributed by atoms with Crippen LogP contribution < -0.4 is 0 Å². The highest BCUT2D eigenvalue weighted by Gasteiger charge is 2.57. The van der Waals surface area contributed by atoms with E-state index in [1.807, 2.05) is 37.1 Å². The molecule has 1 amide bonds. The number of benzene rings is 1. The second-order valence-corrected chi connectivity index (χ2v) is 8.69. The lowest BCUT2D eigenvalue weighted by molar-refractivity contribution is 0.0563. The zero-order valence-corrected chi connectivity index (χ0v) is 17.3. The lowest BCUT2D eigenvalue weighted by Crippen LogP contribution is -2.44. The molecule has 2 aliphatic heterocycles. The van der Waals surface area contributed by atoms with E-state index in [-0.39, 0.29) is 30.0 Å². The zero-order chi connectivity index (χ0) is 20.9. The Bertz CT molecular complexity index is 1070. The molecule has 4 heterocycles. The molecule has 0 spiro atoms. The Morgan fingerprint density at radius 1 is 1.30 bits per heavy atom. The molecule has 2 aliphatic rings. The van der Waals surface area contributed by atoms with E-state index in [0.29, 0.717) is 11.5 Å². The SMILES string of the molecule is Cc1c(-c2cc(C(=O)N3[C@@H]4CC[C@H]3[C@](CO)(Cc3ccccc3)C4)no2)cnn1C. The van der Waals surface area contributed by atoms with Gasteiger partial charge >= 0.3 is 0 Å². The summed E-state index contributed by atoms with van der Waals surface area (Å²) in [4.78, 5) is 15.4. The van der Waals surface area contributed by atoms with E-state index in [9.17, 15) is 9.90 Å². The Labute approximate surface area is 175 Å². The number of amides is 1. The van der Waals surface area contributed by atoms with Crippen LogP contribution in [0.4, 0.5) is 0 Å². The average Bonchev–Trinajstić information content (AvgIpc) is 3.53. The third-order valence-electron chi connectivity index (χ3n) is 7.03. The number of hydrogen-bond donors (Lipinski definition) is 1. The molecule has 0 unspecified atom stereocenters. The lowest BCUT2D eigenvalue weighted by Gasteiger charge is -2.36. The van der Waals surface area contributed by atoms with Crippen LogP contribution in [0.5, 0.6) is 0 Å². The molecule has 0 aliphatic carbocycles. The molecule has 0 saturated carbocycles. The number of nitrogens with zero attached hydrogens (tertiary/aromatic N) is 4. The second-order valence-electron chi connectivity index (χ2n) is 8.69. The van der Waals surface area contributed by atoms with Gasteiger partial charge in [0.25, 0.3) is 5.91 Å². The fourth-order valence-electron chi connectivity index (χ4n) is 5.39. The predicted octanol–water partition coefficient (Wildman–Crippen LogP) is 2.98. The molecule has 2 fully saturated rings. The molecule has 2 aromatic heterocycles. The second kappa shape index (κ2) is 7.09. The van der Waals surface area contributed by atoms with Crippen LogP contribution in [0, 0.1) is 12.3 Å². The summed E-state index contributed by atoms with van der Waals surface area (Å²) in [7, 11) is 1.87. The molecule has 7 nitrogen and oxygen atoms in total. The van der Waals surface area contributed by atoms with Gasteiger partial charge in [-0.05, 0) is 38.2 Å². The van der Waals surface area contributed by atoms with Crippen LogP contribution in [0.25, 0.3) is 11.3 Å². The molecule has 2 bridgehead atoms. The maximum Gasteiger partial charge on any atom is 0.276 e. The van der Waals surface area contributed by atoms with Gasteiger partial charge in [0.05, 0.1) is 18.4 Å². The minimum absolute atomic E-state index is 0.0143. The topological polar surface area (TPSA) is 84.4 Å². The van der Waals surface area contributed by atoms with Crippen molar-refractivity contribution in [2.75, 3.05) is 6.61 Å². The fourth-order valence-corrected chi connectivity index (χ4v) is 5.39. The van der Waals surface area contributed by atoms with Crippen LogP contribution in [-0.2, 0) is 13.5 Å². The van der Waals surface area contributed by atoms with E-state index in [1.54, 1.807) is 16.9 Å². The summed E-state index contributed by atoms with van der Waals surface area (Å²) < 4.78 is 7.25. The van der Waals surface area contributed by atoms with Crippen LogP contribution in [0.1, 0.15) is 41.0 Å². The summed E-state index contributed by atoms with van der Waals surface area (Å²) in [5.74, 6) is 0.440. The first-order chi connectivity index (χ1) is 14.5. The maximum absolute atomic E-state index is 13.4. The quantitative estimate of drug-likeness (QED) is 0.704. The van der Waals surface area contributed by atoms with E-state index in [4.69, 9.17) is 4.52 Å². The molecule has 2 saturated heterocycles. The van der Waals surface area contributed by atoms with Crippen molar-refractivity contribution in [3.63, 3.8) is 0 Å². The van der Waals surface area contributed by atoms with E-state index in [1.165, 1.54) is 5.56 Å². The molecular weight excluding hydrogens is 380 g/mol. The Morgan fingerprint density at radius 2 is 2.10 bits per heavy atom. The van der Waals surface area contributed by atoms with Gasteiger partial charge < -0.3 is 14.5 Å². The summed E-state index contributed by atoms with van der Waals surface area (Å²) in [6, 6.07) is 12.1. The molecule has 1 aromatic carbocycles. The lowest BCUT2D eigenvalue weighted by atomic mass is 9.70. The molecule has 0 radical (unpaired) electrons. The standard InChI is InChI=1S/C23H26N4O3/c1-15-18(13-24-26(15)2)20-10-19(25-30-20)22(29)27-17-8-9-21(27)23(12-17,14-28)11-16-6-4-3-5-7-16/h3-7,10,13,17,21,28H,8-9,11-12,14H2,1-2H3/t17-,21+,23-/m1/s1. The number of aryl methyl sites for hydroxylation is 1. The van der Waals surface area contributed by atoms with Gasteiger partial charge in [-0.15, -0.1) is 0 Å². The monoisotopic (exact) mass is 406 g/mol. The van der Waals surface area contributed by atoms with Gasteiger partial charge in [0.15, 0.2) is 11.5 Å². The van der Waals surface area contributed by atoms with Crippen molar-refractivity contribution in [1.82, 2.24) is 19.8 Å². The first-order valence-electron chi connectivity index (χ1n) is 10.5. The molecule has 156 valence electrons. The van der Waals surface area contributed by atoms with Crippen molar-refractivity contribution >= 4 is 5.91 Å². The van der Waals surface area contributed by atoms with Crippen molar-refractivity contribution in [3.05, 3.63) is 59.5 Å². The molecule has 7 heteroatoms. The third-order valence-corrected chi connectivity index (χ3v) is 7.03. The number of rotatable bonds is 5. The molecule has 3 atom stereocenters. The fraction of sp³-hybridized carbons (Fsp3) is 0.435. The maximum atomic E-state index is 13.4. The number of aliphatic hydroxyl groups is 1. The van der Waals surface area contributed by atoms with E-state index in [2.05, 4.69) is 22.4 Å². The van der Waals surface area contributed by atoms with Gasteiger partial charge in [0, 0.05) is 36.3 Å². The first-order valence-corrected chi connectivity index (χ1v) is 10.5. The average molecular weight is 406 g/mol. The largest absolute Gasteiger partial charge is 0.396 e. The van der Waals surface area contributed by atoms with Gasteiger partial charge in [-0.3, -0.25) is 9.48 Å². The zero-order valence-electron chi connectivity index (χ0n) is 17.3. The van der Waals surface area contributed by atoms with E-state index in [0.717, 1.165) is 36.9 Å². The van der Waals surface area contributed by atoms with Crippen LogP contribution in [-0.4, -0.2) is 49.5 Å². The van der Waals surface area contributed by atoms with Crippen molar-refractivity contribution in [2.45, 2.75) is 44.7 Å². The van der Waals surface area contributed by atoms with Gasteiger partial charge in [-0.2, -0.15) is 5.10 Å². The van der Waals surface area contributed by atoms with Gasteiger partial charge in [0.1, 0.15) is 0 Å². The summed E-state index contributed by atoms with van der Waals surface area (Å²) in [6.45, 7) is 2.03. The number of fused-ring (bicyclic) bond motifs is 2. The summed E-state index contributed by atoms with van der Waals surface area (Å²) in [5.41, 5.74) is 3.00. The normalized spacial score (nSPS) is 25.2.